The molecule has 1 atom stereocenters. The van der Waals surface area contributed by atoms with Crippen LogP contribution < -0.4 is 28.7 Å². The summed E-state index contributed by atoms with van der Waals surface area (Å²) in [6.45, 7) is 0. The SMILES string of the molecule is COc1cc(OC)cc(N2C(=O)C(=O)/C(=C(/O)c3cc(OC)c(Cl)cc3OC)C2c2ccc(N(C)C)cc2)c1. The topological polar surface area (TPSA) is 97.8 Å². The molecule has 1 aliphatic heterocycles. The van der Waals surface area contributed by atoms with Crippen molar-refractivity contribution < 1.29 is 33.6 Å². The fourth-order valence-electron chi connectivity index (χ4n) is 4.49. The first-order valence-corrected chi connectivity index (χ1v) is 12.3. The number of halogens is 1. The number of benzene rings is 3. The average molecular weight is 553 g/mol. The summed E-state index contributed by atoms with van der Waals surface area (Å²) in [5.74, 6) is -0.805. The molecule has 1 aliphatic rings. The number of carbonyl (C=O) groups is 2. The van der Waals surface area contributed by atoms with Gasteiger partial charge < -0.3 is 29.0 Å². The molecule has 1 heterocycles. The van der Waals surface area contributed by atoms with E-state index in [9.17, 15) is 14.7 Å². The van der Waals surface area contributed by atoms with Crippen LogP contribution in [0.1, 0.15) is 17.2 Å². The molecule has 0 radical (unpaired) electrons. The van der Waals surface area contributed by atoms with Gasteiger partial charge in [0.05, 0.1) is 56.3 Å². The summed E-state index contributed by atoms with van der Waals surface area (Å²) < 4.78 is 21.6. The second kappa shape index (κ2) is 11.2. The van der Waals surface area contributed by atoms with Gasteiger partial charge in [0.25, 0.3) is 11.7 Å². The average Bonchev–Trinajstić information content (AvgIpc) is 3.21. The van der Waals surface area contributed by atoms with Crippen molar-refractivity contribution in [1.82, 2.24) is 0 Å². The molecule has 0 saturated carbocycles. The van der Waals surface area contributed by atoms with Crippen LogP contribution in [-0.2, 0) is 9.59 Å². The van der Waals surface area contributed by atoms with E-state index < -0.39 is 23.5 Å². The zero-order chi connectivity index (χ0) is 28.4. The Hall–Kier alpha value is -4.37. The molecular formula is C29H29ClN2O7. The summed E-state index contributed by atoms with van der Waals surface area (Å²) in [6, 6.07) is 14.2. The fraction of sp³-hybridized carbons (Fsp3) is 0.241. The molecule has 1 N–H and O–H groups in total. The van der Waals surface area contributed by atoms with Crippen molar-refractivity contribution in [3.8, 4) is 23.0 Å². The largest absolute Gasteiger partial charge is 0.507 e. The third kappa shape index (κ3) is 5.05. The Morgan fingerprint density at radius 1 is 0.846 bits per heavy atom. The maximum atomic E-state index is 13.6. The van der Waals surface area contributed by atoms with E-state index in [4.69, 9.17) is 30.5 Å². The van der Waals surface area contributed by atoms with E-state index in [1.54, 1.807) is 18.2 Å². The Labute approximate surface area is 231 Å². The molecule has 10 heteroatoms. The van der Waals surface area contributed by atoms with Crippen LogP contribution in [0.5, 0.6) is 23.0 Å². The molecule has 204 valence electrons. The van der Waals surface area contributed by atoms with Crippen LogP contribution in [0.15, 0.2) is 60.2 Å². The minimum Gasteiger partial charge on any atom is -0.507 e. The molecule has 1 fully saturated rings. The van der Waals surface area contributed by atoms with Crippen LogP contribution in [0, 0.1) is 0 Å². The molecule has 3 aromatic rings. The molecule has 0 bridgehead atoms. The molecule has 1 amide bonds. The molecule has 9 nitrogen and oxygen atoms in total. The van der Waals surface area contributed by atoms with Crippen LogP contribution in [0.3, 0.4) is 0 Å². The molecule has 1 unspecified atom stereocenters. The monoisotopic (exact) mass is 552 g/mol. The number of nitrogens with zero attached hydrogens (tertiary/aromatic N) is 2. The lowest BCUT2D eigenvalue weighted by molar-refractivity contribution is -0.132. The molecule has 4 rings (SSSR count). The standard InChI is InChI=1S/C29H29ClN2O7/c1-31(2)17-9-7-16(8-10-17)26-25(27(33)21-14-24(39-6)22(30)15-23(21)38-5)28(34)29(35)32(26)18-11-19(36-3)13-20(12-18)37-4/h7-15,26,33H,1-6H3/b27-25+. The molecule has 1 saturated heterocycles. The summed E-state index contributed by atoms with van der Waals surface area (Å²) in [6.07, 6.45) is 0. The fourth-order valence-corrected chi connectivity index (χ4v) is 4.72. The Morgan fingerprint density at radius 2 is 1.44 bits per heavy atom. The second-order valence-corrected chi connectivity index (χ2v) is 9.32. The number of anilines is 2. The number of hydrogen-bond donors (Lipinski definition) is 1. The quantitative estimate of drug-likeness (QED) is 0.235. The van der Waals surface area contributed by atoms with Crippen LogP contribution >= 0.6 is 11.6 Å². The van der Waals surface area contributed by atoms with Crippen molar-refractivity contribution in [3.05, 3.63) is 76.3 Å². The predicted octanol–water partition coefficient (Wildman–Crippen LogP) is 5.07. The summed E-state index contributed by atoms with van der Waals surface area (Å²) in [5, 5.41) is 11.9. The second-order valence-electron chi connectivity index (χ2n) is 8.91. The van der Waals surface area contributed by atoms with E-state index in [2.05, 4.69) is 0 Å². The maximum absolute atomic E-state index is 13.6. The van der Waals surface area contributed by atoms with Crippen LogP contribution in [0.2, 0.25) is 5.02 Å². The van der Waals surface area contributed by atoms with Gasteiger partial charge in [0, 0.05) is 44.0 Å². The summed E-state index contributed by atoms with van der Waals surface area (Å²) in [7, 11) is 9.63. The van der Waals surface area contributed by atoms with Crippen molar-refractivity contribution in [3.63, 3.8) is 0 Å². The highest BCUT2D eigenvalue weighted by Gasteiger charge is 2.47. The number of aliphatic hydroxyl groups excluding tert-OH is 1. The van der Waals surface area contributed by atoms with E-state index in [1.165, 1.54) is 45.5 Å². The summed E-state index contributed by atoms with van der Waals surface area (Å²) in [5.41, 5.74) is 1.90. The van der Waals surface area contributed by atoms with E-state index >= 15 is 0 Å². The minimum absolute atomic E-state index is 0.123. The van der Waals surface area contributed by atoms with Gasteiger partial charge in [0.1, 0.15) is 28.8 Å². The first kappa shape index (κ1) is 27.7. The normalized spacial score (nSPS) is 16.3. The molecule has 39 heavy (non-hydrogen) atoms. The number of ether oxygens (including phenoxy) is 4. The number of ketones is 1. The third-order valence-corrected chi connectivity index (χ3v) is 6.81. The van der Waals surface area contributed by atoms with Gasteiger partial charge >= 0.3 is 0 Å². The van der Waals surface area contributed by atoms with E-state index in [1.807, 2.05) is 43.3 Å². The Morgan fingerprint density at radius 3 is 1.95 bits per heavy atom. The molecule has 0 aliphatic carbocycles. The number of rotatable bonds is 8. The maximum Gasteiger partial charge on any atom is 0.300 e. The highest BCUT2D eigenvalue weighted by atomic mass is 35.5. The minimum atomic E-state index is -0.982. The number of aliphatic hydroxyl groups is 1. The number of carbonyl (C=O) groups excluding carboxylic acids is 2. The van der Waals surface area contributed by atoms with Gasteiger partial charge in [-0.25, -0.2) is 0 Å². The predicted molar refractivity (Wildman–Crippen MR) is 150 cm³/mol. The Bertz CT molecular complexity index is 1430. The number of amides is 1. The Kier molecular flexibility index (Phi) is 7.92. The summed E-state index contributed by atoms with van der Waals surface area (Å²) >= 11 is 6.26. The van der Waals surface area contributed by atoms with Gasteiger partial charge in [0.15, 0.2) is 0 Å². The smallest absolute Gasteiger partial charge is 0.300 e. The first-order valence-electron chi connectivity index (χ1n) is 11.9. The van der Waals surface area contributed by atoms with Crippen LogP contribution in [-0.4, -0.2) is 59.3 Å². The van der Waals surface area contributed by atoms with Gasteiger partial charge in [-0.05, 0) is 23.8 Å². The number of Topliss-reactive ketones (excluding diaryl/α,β-unsaturated/α-hetero) is 1. The Balaban J connectivity index is 2.01. The highest BCUT2D eigenvalue weighted by molar-refractivity contribution is 6.51. The van der Waals surface area contributed by atoms with Gasteiger partial charge in [-0.1, -0.05) is 23.7 Å². The van der Waals surface area contributed by atoms with Crippen molar-refractivity contribution >= 4 is 40.4 Å². The van der Waals surface area contributed by atoms with Crippen LogP contribution in [0.4, 0.5) is 11.4 Å². The lowest BCUT2D eigenvalue weighted by atomic mass is 9.94. The number of hydrogen-bond acceptors (Lipinski definition) is 8. The van der Waals surface area contributed by atoms with Crippen molar-refractivity contribution in [1.29, 1.82) is 0 Å². The molecule has 0 aromatic heterocycles. The number of methoxy groups -OCH3 is 4. The van der Waals surface area contributed by atoms with Gasteiger partial charge in [-0.2, -0.15) is 0 Å². The lowest BCUT2D eigenvalue weighted by Gasteiger charge is -2.27. The van der Waals surface area contributed by atoms with Crippen molar-refractivity contribution in [2.24, 2.45) is 0 Å². The highest BCUT2D eigenvalue weighted by Crippen LogP contribution is 2.46. The summed E-state index contributed by atoms with van der Waals surface area (Å²) in [4.78, 5) is 30.5. The molecular weight excluding hydrogens is 524 g/mol. The zero-order valence-corrected chi connectivity index (χ0v) is 23.2. The first-order chi connectivity index (χ1) is 18.6. The zero-order valence-electron chi connectivity index (χ0n) is 22.4. The van der Waals surface area contributed by atoms with Gasteiger partial charge in [-0.15, -0.1) is 0 Å². The third-order valence-electron chi connectivity index (χ3n) is 6.51. The van der Waals surface area contributed by atoms with Crippen molar-refractivity contribution in [2.45, 2.75) is 6.04 Å². The van der Waals surface area contributed by atoms with E-state index in [0.717, 1.165) is 5.69 Å². The van der Waals surface area contributed by atoms with E-state index in [0.29, 0.717) is 22.7 Å². The lowest BCUT2D eigenvalue weighted by Crippen LogP contribution is -2.29. The molecule has 3 aromatic carbocycles. The van der Waals surface area contributed by atoms with Crippen molar-refractivity contribution in [2.75, 3.05) is 52.3 Å². The van der Waals surface area contributed by atoms with Gasteiger partial charge in [0.2, 0.25) is 0 Å². The van der Waals surface area contributed by atoms with Gasteiger partial charge in [-0.3, -0.25) is 14.5 Å². The van der Waals surface area contributed by atoms with Crippen LogP contribution in [0.25, 0.3) is 5.76 Å². The molecule has 0 spiro atoms. The van der Waals surface area contributed by atoms with E-state index in [-0.39, 0.29) is 27.7 Å².